The first-order chi connectivity index (χ1) is 6.29. The second kappa shape index (κ2) is 4.64. The van der Waals surface area contributed by atoms with Gasteiger partial charge in [0.15, 0.2) is 0 Å². The van der Waals surface area contributed by atoms with Crippen molar-refractivity contribution in [2.75, 3.05) is 0 Å². The molecule has 14 heavy (non-hydrogen) atoms. The number of hydrogen-bond donors (Lipinski definition) is 1. The number of hydrogen-bond acceptors (Lipinski definition) is 3. The summed E-state index contributed by atoms with van der Waals surface area (Å²) in [6.45, 7) is 3.13. The Labute approximate surface area is 77.4 Å². The smallest absolute Gasteiger partial charge is 0.471 e. The molecule has 0 heterocycles. The summed E-state index contributed by atoms with van der Waals surface area (Å²) in [7, 11) is 0. The van der Waals surface area contributed by atoms with Gasteiger partial charge in [-0.05, 0) is 6.42 Å². The van der Waals surface area contributed by atoms with Crippen LogP contribution < -0.4 is 10.4 Å². The number of carbonyl (C=O) groups is 2. The Balaban J connectivity index is 4.38. The lowest BCUT2D eigenvalue weighted by Crippen LogP contribution is -2.51. The summed E-state index contributed by atoms with van der Waals surface area (Å²) in [5, 5.41) is 11.5. The highest BCUT2D eigenvalue weighted by atomic mass is 19.4. The van der Waals surface area contributed by atoms with Gasteiger partial charge in [0, 0.05) is 0 Å². The first kappa shape index (κ1) is 12.5. The maximum atomic E-state index is 11.7. The monoisotopic (exact) mass is 210 g/mol. The number of carboxylic acid groups (broad SMARTS) is 1. The third kappa shape index (κ3) is 3.92. The molecule has 0 aliphatic heterocycles. The van der Waals surface area contributed by atoms with E-state index in [-0.39, 0.29) is 6.42 Å². The predicted octanol–water partition coefficient (Wildman–Crippen LogP) is -0.641. The van der Waals surface area contributed by atoms with Crippen molar-refractivity contribution in [3.63, 3.8) is 0 Å². The summed E-state index contributed by atoms with van der Waals surface area (Å²) >= 11 is 0. The van der Waals surface area contributed by atoms with Crippen LogP contribution in [0.15, 0.2) is 12.7 Å². The molecule has 0 spiro atoms. The summed E-state index contributed by atoms with van der Waals surface area (Å²) < 4.78 is 35.0. The van der Waals surface area contributed by atoms with Gasteiger partial charge in [-0.1, -0.05) is 6.08 Å². The molecule has 0 saturated heterocycles. The van der Waals surface area contributed by atoms with E-state index in [9.17, 15) is 27.9 Å². The highest BCUT2D eigenvalue weighted by Gasteiger charge is 2.39. The van der Waals surface area contributed by atoms with E-state index in [1.807, 2.05) is 0 Å². The fourth-order valence-corrected chi connectivity index (χ4v) is 0.621. The third-order valence-electron chi connectivity index (χ3n) is 1.25. The molecule has 1 amide bonds. The van der Waals surface area contributed by atoms with Crippen molar-refractivity contribution in [3.05, 3.63) is 12.7 Å². The Hall–Kier alpha value is -1.53. The van der Waals surface area contributed by atoms with Crippen LogP contribution in [-0.4, -0.2) is 24.1 Å². The minimum absolute atomic E-state index is 0.329. The van der Waals surface area contributed by atoms with Crippen LogP contribution in [0, 0.1) is 0 Å². The molecule has 1 N–H and O–H groups in total. The van der Waals surface area contributed by atoms with Crippen molar-refractivity contribution in [2.24, 2.45) is 0 Å². The van der Waals surface area contributed by atoms with E-state index in [2.05, 4.69) is 6.58 Å². The van der Waals surface area contributed by atoms with Crippen LogP contribution in [0.25, 0.3) is 0 Å². The minimum atomic E-state index is -5.10. The van der Waals surface area contributed by atoms with Crippen molar-refractivity contribution in [1.82, 2.24) is 5.32 Å². The fraction of sp³-hybridized carbons (Fsp3) is 0.429. The van der Waals surface area contributed by atoms with Gasteiger partial charge in [-0.2, -0.15) is 13.2 Å². The Bertz CT molecular complexity index is 249. The number of carbonyl (C=O) groups excluding carboxylic acids is 2. The quantitative estimate of drug-likeness (QED) is 0.627. The van der Waals surface area contributed by atoms with E-state index in [0.717, 1.165) is 6.08 Å². The normalized spacial score (nSPS) is 13.1. The summed E-state index contributed by atoms with van der Waals surface area (Å²) in [4.78, 5) is 20.5. The molecular weight excluding hydrogens is 203 g/mol. The fourth-order valence-electron chi connectivity index (χ4n) is 0.621. The number of carboxylic acids is 1. The van der Waals surface area contributed by atoms with Crippen LogP contribution in [0.4, 0.5) is 13.2 Å². The van der Waals surface area contributed by atoms with Crippen LogP contribution in [-0.2, 0) is 9.59 Å². The number of nitrogens with one attached hydrogen (secondary N) is 1. The van der Waals surface area contributed by atoms with E-state index < -0.39 is 24.1 Å². The van der Waals surface area contributed by atoms with Gasteiger partial charge in [0.25, 0.3) is 0 Å². The highest BCUT2D eigenvalue weighted by molar-refractivity contribution is 5.86. The SMILES string of the molecule is C=CCC(NC(=O)C(F)(F)F)C(=O)[O-]. The molecule has 4 nitrogen and oxygen atoms in total. The maximum Gasteiger partial charge on any atom is 0.471 e. The largest absolute Gasteiger partial charge is 0.548 e. The average molecular weight is 210 g/mol. The van der Waals surface area contributed by atoms with E-state index in [1.54, 1.807) is 0 Å². The van der Waals surface area contributed by atoms with Gasteiger partial charge in [-0.25, -0.2) is 0 Å². The molecule has 7 heteroatoms. The lowest BCUT2D eigenvalue weighted by atomic mass is 10.2. The van der Waals surface area contributed by atoms with E-state index in [4.69, 9.17) is 0 Å². The molecule has 0 rings (SSSR count). The highest BCUT2D eigenvalue weighted by Crippen LogP contribution is 2.14. The Morgan fingerprint density at radius 3 is 2.29 bits per heavy atom. The summed E-state index contributed by atoms with van der Waals surface area (Å²) in [5.41, 5.74) is 0. The number of aliphatic carboxylic acids is 1. The summed E-state index contributed by atoms with van der Waals surface area (Å²) in [5.74, 6) is -4.10. The standard InChI is InChI=1S/C7H8F3NO3/c1-2-3-4(5(12)13)11-6(14)7(8,9)10/h2,4H,1,3H2,(H,11,14)(H,12,13)/p-1. The van der Waals surface area contributed by atoms with E-state index >= 15 is 0 Å². The zero-order valence-electron chi connectivity index (χ0n) is 6.93. The topological polar surface area (TPSA) is 69.2 Å². The predicted molar refractivity (Wildman–Crippen MR) is 37.8 cm³/mol. The number of alkyl halides is 3. The average Bonchev–Trinajstić information content (AvgIpc) is 2.01. The molecule has 0 aromatic rings. The molecule has 1 unspecified atom stereocenters. The van der Waals surface area contributed by atoms with Crippen molar-refractivity contribution >= 4 is 11.9 Å². The van der Waals surface area contributed by atoms with Crippen LogP contribution in [0.5, 0.6) is 0 Å². The van der Waals surface area contributed by atoms with Crippen LogP contribution in [0.3, 0.4) is 0 Å². The third-order valence-corrected chi connectivity index (χ3v) is 1.25. The van der Waals surface area contributed by atoms with Crippen LogP contribution in [0.2, 0.25) is 0 Å². The molecule has 0 radical (unpaired) electrons. The van der Waals surface area contributed by atoms with Gasteiger partial charge >= 0.3 is 12.1 Å². The minimum Gasteiger partial charge on any atom is -0.548 e. The maximum absolute atomic E-state index is 11.7. The number of halogens is 3. The molecule has 1 atom stereocenters. The molecular formula is C7H7F3NO3-. The Kier molecular flexibility index (Phi) is 4.13. The van der Waals surface area contributed by atoms with Crippen molar-refractivity contribution in [1.29, 1.82) is 0 Å². The van der Waals surface area contributed by atoms with Gasteiger partial charge in [0.05, 0.1) is 12.0 Å². The van der Waals surface area contributed by atoms with Crippen molar-refractivity contribution in [3.8, 4) is 0 Å². The van der Waals surface area contributed by atoms with Gasteiger partial charge < -0.3 is 15.2 Å². The lowest BCUT2D eigenvalue weighted by molar-refractivity contribution is -0.308. The summed E-state index contributed by atoms with van der Waals surface area (Å²) in [6, 6.07) is -1.71. The lowest BCUT2D eigenvalue weighted by Gasteiger charge is -2.18. The second-order valence-corrected chi connectivity index (χ2v) is 2.37. The molecule has 0 saturated carbocycles. The zero-order chi connectivity index (χ0) is 11.4. The van der Waals surface area contributed by atoms with E-state index in [0.29, 0.717) is 0 Å². The molecule has 0 aliphatic carbocycles. The van der Waals surface area contributed by atoms with Gasteiger partial charge in [-0.3, -0.25) is 4.79 Å². The van der Waals surface area contributed by atoms with Crippen molar-refractivity contribution in [2.45, 2.75) is 18.6 Å². The molecule has 80 valence electrons. The number of amides is 1. The first-order valence-electron chi connectivity index (χ1n) is 3.48. The van der Waals surface area contributed by atoms with Crippen molar-refractivity contribution < 1.29 is 27.9 Å². The number of rotatable bonds is 4. The van der Waals surface area contributed by atoms with E-state index in [1.165, 1.54) is 5.32 Å². The second-order valence-electron chi connectivity index (χ2n) is 2.37. The summed E-state index contributed by atoms with van der Waals surface area (Å²) in [6.07, 6.45) is -4.36. The Morgan fingerprint density at radius 1 is 1.50 bits per heavy atom. The van der Waals surface area contributed by atoms with Gasteiger partial charge in [-0.15, -0.1) is 6.58 Å². The molecule has 0 aliphatic rings. The zero-order valence-corrected chi connectivity index (χ0v) is 6.93. The first-order valence-corrected chi connectivity index (χ1v) is 3.48. The molecule has 0 fully saturated rings. The molecule has 0 aromatic carbocycles. The van der Waals surface area contributed by atoms with Gasteiger partial charge in [0.2, 0.25) is 0 Å². The van der Waals surface area contributed by atoms with Crippen LogP contribution >= 0.6 is 0 Å². The molecule has 0 aromatic heterocycles. The van der Waals surface area contributed by atoms with Gasteiger partial charge in [0.1, 0.15) is 0 Å². The molecule has 0 bridgehead atoms. The van der Waals surface area contributed by atoms with Crippen LogP contribution in [0.1, 0.15) is 6.42 Å². The Morgan fingerprint density at radius 2 is 2.00 bits per heavy atom.